The number of fused-ring (bicyclic) bond motifs is 2. The summed E-state index contributed by atoms with van der Waals surface area (Å²) in [5.41, 5.74) is -0.937. The number of rotatable bonds is 0. The molecule has 0 fully saturated rings. The van der Waals surface area contributed by atoms with Crippen molar-refractivity contribution < 1.29 is 28.7 Å². The first kappa shape index (κ1) is 25.0. The number of hydrogen-bond donors (Lipinski definition) is 0. The number of cyclic esters (lactones) is 4. The van der Waals surface area contributed by atoms with E-state index in [4.69, 9.17) is 102 Å². The molecule has 0 spiro atoms. The van der Waals surface area contributed by atoms with Crippen LogP contribution in [0.3, 0.4) is 0 Å². The third-order valence-electron chi connectivity index (χ3n) is 6.71. The molecular weight excluding hydrogens is 668 g/mol. The molecule has 188 valence electrons. The van der Waals surface area contributed by atoms with E-state index in [1.54, 1.807) is 0 Å². The third kappa shape index (κ3) is 2.66. The Bertz CT molecular complexity index is 1840. The molecular formula is C24Cl8O6. The number of carbonyl (C=O) groups is 4. The van der Waals surface area contributed by atoms with Crippen molar-refractivity contribution in [2.24, 2.45) is 0 Å². The van der Waals surface area contributed by atoms with E-state index >= 15 is 0 Å². The highest BCUT2D eigenvalue weighted by atomic mass is 35.5. The molecule has 2 aliphatic rings. The first-order valence-electron chi connectivity index (χ1n) is 10.1. The highest BCUT2D eigenvalue weighted by molar-refractivity contribution is 6.63. The van der Waals surface area contributed by atoms with Crippen LogP contribution in [0.5, 0.6) is 0 Å². The van der Waals surface area contributed by atoms with Gasteiger partial charge in [-0.3, -0.25) is 0 Å². The van der Waals surface area contributed by atoms with E-state index in [-0.39, 0.29) is 106 Å². The summed E-state index contributed by atoms with van der Waals surface area (Å²) < 4.78 is 9.70. The van der Waals surface area contributed by atoms with Crippen LogP contribution >= 0.6 is 92.8 Å². The van der Waals surface area contributed by atoms with Crippen LogP contribution in [0.4, 0.5) is 0 Å². The highest BCUT2D eigenvalue weighted by Crippen LogP contribution is 2.58. The molecule has 2 aliphatic heterocycles. The maximum absolute atomic E-state index is 12.8. The van der Waals surface area contributed by atoms with Crippen LogP contribution in [0, 0.1) is 0 Å². The van der Waals surface area contributed by atoms with Gasteiger partial charge in [0.05, 0.1) is 62.4 Å². The molecule has 0 saturated heterocycles. The van der Waals surface area contributed by atoms with Crippen LogP contribution in [-0.4, -0.2) is 23.9 Å². The van der Waals surface area contributed by atoms with Gasteiger partial charge in [-0.25, -0.2) is 19.2 Å². The summed E-state index contributed by atoms with van der Waals surface area (Å²) in [6.07, 6.45) is 0. The van der Waals surface area contributed by atoms with Gasteiger partial charge in [0.1, 0.15) is 0 Å². The SMILES string of the molecule is O=C1OC(=O)c2c(Cl)c(Cl)c3c4c(Cl)c(Cl)c5c6c(c(Cl)c(Cl)c(c7c(Cl)c(Cl)c1c2c73)c64)C(=O)OC5=O. The Hall–Kier alpha value is -2.00. The average molecular weight is 668 g/mol. The summed E-state index contributed by atoms with van der Waals surface area (Å²) in [7, 11) is 0. The summed E-state index contributed by atoms with van der Waals surface area (Å²) in [5, 5.41) is -1.10. The van der Waals surface area contributed by atoms with Crippen LogP contribution in [0.15, 0.2) is 0 Å². The smallest absolute Gasteiger partial charge is 0.348 e. The number of ether oxygens (including phenoxy) is 2. The summed E-state index contributed by atoms with van der Waals surface area (Å²) in [6.45, 7) is 0. The number of esters is 4. The topological polar surface area (TPSA) is 86.7 Å². The number of benzene rings is 5. The van der Waals surface area contributed by atoms with E-state index in [2.05, 4.69) is 0 Å². The van der Waals surface area contributed by atoms with Gasteiger partial charge in [-0.05, 0) is 0 Å². The molecule has 14 heteroatoms. The molecule has 0 aliphatic carbocycles. The monoisotopic (exact) mass is 664 g/mol. The van der Waals surface area contributed by atoms with Crippen molar-refractivity contribution >= 4 is 160 Å². The number of hydrogen-bond acceptors (Lipinski definition) is 6. The minimum absolute atomic E-state index is 0.00559. The van der Waals surface area contributed by atoms with Gasteiger partial charge in [-0.15, -0.1) is 0 Å². The lowest BCUT2D eigenvalue weighted by atomic mass is 9.83. The zero-order chi connectivity index (χ0) is 27.3. The van der Waals surface area contributed by atoms with Gasteiger partial charge in [0.25, 0.3) is 0 Å². The second-order valence-corrected chi connectivity index (χ2v) is 11.4. The van der Waals surface area contributed by atoms with Gasteiger partial charge >= 0.3 is 23.9 Å². The minimum atomic E-state index is -1.07. The van der Waals surface area contributed by atoms with E-state index < -0.39 is 23.9 Å². The molecule has 0 aromatic heterocycles. The normalized spacial score (nSPS) is 14.9. The Balaban J connectivity index is 2.01. The summed E-state index contributed by atoms with van der Waals surface area (Å²) in [5.74, 6) is -4.27. The van der Waals surface area contributed by atoms with Crippen molar-refractivity contribution in [1.82, 2.24) is 0 Å². The molecule has 0 unspecified atom stereocenters. The molecule has 38 heavy (non-hydrogen) atoms. The Morgan fingerprint density at radius 3 is 0.711 bits per heavy atom. The number of carbonyl (C=O) groups excluding carboxylic acids is 4. The lowest BCUT2D eigenvalue weighted by Crippen LogP contribution is -2.22. The van der Waals surface area contributed by atoms with Gasteiger partial charge < -0.3 is 9.47 Å². The molecule has 5 aromatic rings. The Morgan fingerprint density at radius 1 is 0.289 bits per heavy atom. The van der Waals surface area contributed by atoms with E-state index in [0.717, 1.165) is 0 Å². The molecule has 0 N–H and O–H groups in total. The molecule has 0 amide bonds. The van der Waals surface area contributed by atoms with Gasteiger partial charge in [-0.2, -0.15) is 0 Å². The summed E-state index contributed by atoms with van der Waals surface area (Å²) in [4.78, 5) is 51.3. The van der Waals surface area contributed by atoms with Crippen molar-refractivity contribution in [2.75, 3.05) is 0 Å². The predicted molar refractivity (Wildman–Crippen MR) is 147 cm³/mol. The predicted octanol–water partition coefficient (Wildman–Crippen LogP) is 9.59. The van der Waals surface area contributed by atoms with Gasteiger partial charge in [-0.1, -0.05) is 92.8 Å². The fourth-order valence-corrected chi connectivity index (χ4v) is 7.53. The lowest BCUT2D eigenvalue weighted by molar-refractivity contribution is 0.0373. The van der Waals surface area contributed by atoms with Crippen LogP contribution in [-0.2, 0) is 9.47 Å². The Labute approximate surface area is 249 Å². The van der Waals surface area contributed by atoms with Crippen molar-refractivity contribution in [2.45, 2.75) is 0 Å². The molecule has 0 atom stereocenters. The lowest BCUT2D eigenvalue weighted by Gasteiger charge is -2.27. The second-order valence-electron chi connectivity index (χ2n) is 8.37. The van der Waals surface area contributed by atoms with Crippen LogP contribution in [0.25, 0.3) is 43.1 Å². The quantitative estimate of drug-likeness (QED) is 0.0708. The van der Waals surface area contributed by atoms with Crippen LogP contribution < -0.4 is 0 Å². The van der Waals surface area contributed by atoms with E-state index in [0.29, 0.717) is 0 Å². The summed E-state index contributed by atoms with van der Waals surface area (Å²) in [6, 6.07) is 0. The molecule has 2 heterocycles. The van der Waals surface area contributed by atoms with Crippen molar-refractivity contribution in [3.8, 4) is 0 Å². The standard InChI is InChI=1S/C24Cl8O6/c25-13-5-1-3-9(17(13)29)21(33)37-22(34)10(3)18(30)14(26)6(1)8-2-4-11(19(31)15(27)7(2)5)23(35)38-24(36)12(4)20(32)16(8)28. The van der Waals surface area contributed by atoms with Crippen molar-refractivity contribution in [3.05, 3.63) is 62.4 Å². The maximum atomic E-state index is 12.8. The van der Waals surface area contributed by atoms with Crippen LogP contribution in [0.1, 0.15) is 41.4 Å². The fourth-order valence-electron chi connectivity index (χ4n) is 5.33. The highest BCUT2D eigenvalue weighted by Gasteiger charge is 2.41. The van der Waals surface area contributed by atoms with E-state index in [1.807, 2.05) is 0 Å². The first-order valence-corrected chi connectivity index (χ1v) is 13.2. The molecule has 6 nitrogen and oxygen atoms in total. The molecule has 7 rings (SSSR count). The molecule has 5 aromatic carbocycles. The van der Waals surface area contributed by atoms with E-state index in [1.165, 1.54) is 0 Å². The van der Waals surface area contributed by atoms with Crippen molar-refractivity contribution in [1.29, 1.82) is 0 Å². The minimum Gasteiger partial charge on any atom is -0.386 e. The average Bonchev–Trinajstić information content (AvgIpc) is 2.85. The third-order valence-corrected chi connectivity index (χ3v) is 10.1. The fraction of sp³-hybridized carbons (Fsp3) is 0. The van der Waals surface area contributed by atoms with Crippen molar-refractivity contribution in [3.63, 3.8) is 0 Å². The largest absolute Gasteiger partial charge is 0.386 e. The van der Waals surface area contributed by atoms with E-state index in [9.17, 15) is 19.2 Å². The molecule has 0 saturated carbocycles. The second kappa shape index (κ2) is 7.80. The zero-order valence-electron chi connectivity index (χ0n) is 17.5. The maximum Gasteiger partial charge on any atom is 0.348 e. The van der Waals surface area contributed by atoms with Gasteiger partial charge in [0, 0.05) is 43.1 Å². The van der Waals surface area contributed by atoms with Gasteiger partial charge in [0.2, 0.25) is 0 Å². The molecule has 0 bridgehead atoms. The zero-order valence-corrected chi connectivity index (χ0v) is 23.5. The first-order chi connectivity index (χ1) is 17.9. The Kier molecular flexibility index (Phi) is 5.13. The summed E-state index contributed by atoms with van der Waals surface area (Å²) >= 11 is 53.2. The Morgan fingerprint density at radius 2 is 0.500 bits per heavy atom. The van der Waals surface area contributed by atoms with Gasteiger partial charge in [0.15, 0.2) is 0 Å². The molecule has 0 radical (unpaired) electrons. The van der Waals surface area contributed by atoms with Crippen LogP contribution in [0.2, 0.25) is 40.2 Å². The number of halogens is 8.